The van der Waals surface area contributed by atoms with Gasteiger partial charge in [0, 0.05) is 25.3 Å². The van der Waals surface area contributed by atoms with Crippen LogP contribution in [0.4, 0.5) is 0 Å². The van der Waals surface area contributed by atoms with Crippen LogP contribution in [0.3, 0.4) is 0 Å². The van der Waals surface area contributed by atoms with Crippen molar-refractivity contribution in [3.63, 3.8) is 0 Å². The van der Waals surface area contributed by atoms with Crippen LogP contribution >= 0.6 is 0 Å². The monoisotopic (exact) mass is 168 g/mol. The fourth-order valence-electron chi connectivity index (χ4n) is 0.958. The van der Waals surface area contributed by atoms with Crippen LogP contribution in [0.15, 0.2) is 10.9 Å². The molecule has 0 aliphatic heterocycles. The number of H-pyrrole nitrogens is 1. The van der Waals surface area contributed by atoms with Crippen LogP contribution in [0, 0.1) is 6.92 Å². The van der Waals surface area contributed by atoms with Crippen molar-refractivity contribution in [3.05, 3.63) is 27.9 Å². The van der Waals surface area contributed by atoms with Gasteiger partial charge in [-0.1, -0.05) is 0 Å². The molecule has 0 unspecified atom stereocenters. The molecule has 0 spiro atoms. The van der Waals surface area contributed by atoms with Crippen LogP contribution in [-0.4, -0.2) is 23.7 Å². The number of aryl methyl sites for hydroxylation is 1. The zero-order chi connectivity index (χ0) is 8.97. The van der Waals surface area contributed by atoms with Crippen LogP contribution in [0.2, 0.25) is 0 Å². The van der Waals surface area contributed by atoms with Crippen LogP contribution in [-0.2, 0) is 11.2 Å². The Balaban J connectivity index is 2.79. The molecular formula is C8H12N2O2. The maximum atomic E-state index is 10.9. The molecule has 0 aliphatic carbocycles. The van der Waals surface area contributed by atoms with Gasteiger partial charge < -0.3 is 9.72 Å². The van der Waals surface area contributed by atoms with Crippen molar-refractivity contribution in [2.75, 3.05) is 13.7 Å². The van der Waals surface area contributed by atoms with Crippen LogP contribution in [0.5, 0.6) is 0 Å². The first-order valence-electron chi connectivity index (χ1n) is 3.78. The minimum absolute atomic E-state index is 0.103. The molecular weight excluding hydrogens is 156 g/mol. The van der Waals surface area contributed by atoms with Crippen molar-refractivity contribution in [1.29, 1.82) is 0 Å². The van der Waals surface area contributed by atoms with E-state index in [-0.39, 0.29) is 5.56 Å². The molecule has 4 heteroatoms. The van der Waals surface area contributed by atoms with E-state index in [4.69, 9.17) is 4.74 Å². The van der Waals surface area contributed by atoms with Gasteiger partial charge in [-0.25, -0.2) is 4.98 Å². The average molecular weight is 168 g/mol. The van der Waals surface area contributed by atoms with Gasteiger partial charge in [0.2, 0.25) is 0 Å². The first-order valence-corrected chi connectivity index (χ1v) is 3.78. The molecule has 0 saturated carbocycles. The second kappa shape index (κ2) is 4.01. The first-order chi connectivity index (χ1) is 5.72. The Labute approximate surface area is 70.6 Å². The lowest BCUT2D eigenvalue weighted by Crippen LogP contribution is -2.12. The molecule has 0 bridgehead atoms. The molecule has 0 saturated heterocycles. The number of aromatic amines is 1. The number of ether oxygens (including phenoxy) is 1. The van der Waals surface area contributed by atoms with Gasteiger partial charge in [-0.2, -0.15) is 0 Å². The molecule has 12 heavy (non-hydrogen) atoms. The predicted octanol–water partition coefficient (Wildman–Crippen LogP) is 0.267. The molecule has 1 rings (SSSR count). The van der Waals surface area contributed by atoms with E-state index in [1.54, 1.807) is 14.0 Å². The first kappa shape index (κ1) is 8.93. The van der Waals surface area contributed by atoms with E-state index in [9.17, 15) is 4.79 Å². The zero-order valence-corrected chi connectivity index (χ0v) is 7.26. The Hall–Kier alpha value is -1.16. The van der Waals surface area contributed by atoms with Gasteiger partial charge in [0.1, 0.15) is 5.82 Å². The lowest BCUT2D eigenvalue weighted by molar-refractivity contribution is 0.200. The number of rotatable bonds is 3. The third kappa shape index (κ3) is 2.47. The molecule has 1 aromatic heterocycles. The van der Waals surface area contributed by atoms with Gasteiger partial charge >= 0.3 is 0 Å². The number of methoxy groups -OCH3 is 1. The highest BCUT2D eigenvalue weighted by molar-refractivity contribution is 5.00. The topological polar surface area (TPSA) is 55.0 Å². The number of nitrogens with zero attached hydrogens (tertiary/aromatic N) is 1. The molecule has 0 aliphatic rings. The van der Waals surface area contributed by atoms with Crippen LogP contribution in [0.25, 0.3) is 0 Å². The van der Waals surface area contributed by atoms with E-state index >= 15 is 0 Å². The summed E-state index contributed by atoms with van der Waals surface area (Å²) in [4.78, 5) is 17.7. The molecule has 0 amide bonds. The van der Waals surface area contributed by atoms with Gasteiger partial charge in [-0.15, -0.1) is 0 Å². The van der Waals surface area contributed by atoms with E-state index in [1.807, 2.05) is 0 Å². The van der Waals surface area contributed by atoms with Crippen molar-refractivity contribution in [2.45, 2.75) is 13.3 Å². The normalized spacial score (nSPS) is 10.2. The maximum Gasteiger partial charge on any atom is 0.251 e. The summed E-state index contributed by atoms with van der Waals surface area (Å²) in [6.07, 6.45) is 0.646. The summed E-state index contributed by atoms with van der Waals surface area (Å²) >= 11 is 0. The summed E-state index contributed by atoms with van der Waals surface area (Å²) in [5.41, 5.74) is 0.637. The molecule has 1 aromatic rings. The smallest absolute Gasteiger partial charge is 0.251 e. The van der Waals surface area contributed by atoms with Gasteiger partial charge in [-0.3, -0.25) is 4.79 Å². The highest BCUT2D eigenvalue weighted by atomic mass is 16.5. The van der Waals surface area contributed by atoms with Gasteiger partial charge in [0.25, 0.3) is 5.56 Å². The van der Waals surface area contributed by atoms with Crippen molar-refractivity contribution >= 4 is 0 Å². The standard InChI is InChI=1S/C8H12N2O2/c1-6-5-8(11)10-7(9-6)3-4-12-2/h5H,3-4H2,1-2H3,(H,9,10,11). The summed E-state index contributed by atoms with van der Waals surface area (Å²) in [6.45, 7) is 2.37. The van der Waals surface area contributed by atoms with Gasteiger partial charge in [0.15, 0.2) is 0 Å². The Morgan fingerprint density at radius 1 is 1.67 bits per heavy atom. The third-order valence-electron chi connectivity index (χ3n) is 1.46. The van der Waals surface area contributed by atoms with E-state index < -0.39 is 0 Å². The fraction of sp³-hybridized carbons (Fsp3) is 0.500. The van der Waals surface area contributed by atoms with Crippen molar-refractivity contribution < 1.29 is 4.74 Å². The number of aromatic nitrogens is 2. The highest BCUT2D eigenvalue weighted by Gasteiger charge is 1.96. The molecule has 0 atom stereocenters. The molecule has 0 aromatic carbocycles. The SMILES string of the molecule is COCCc1nc(C)cc(=O)[nH]1. The Morgan fingerprint density at radius 2 is 2.42 bits per heavy atom. The number of hydrogen-bond donors (Lipinski definition) is 1. The van der Waals surface area contributed by atoms with E-state index in [0.29, 0.717) is 18.9 Å². The van der Waals surface area contributed by atoms with Crippen molar-refractivity contribution in [2.24, 2.45) is 0 Å². The third-order valence-corrected chi connectivity index (χ3v) is 1.46. The Morgan fingerprint density at radius 3 is 3.00 bits per heavy atom. The Bertz CT molecular complexity index is 306. The lowest BCUT2D eigenvalue weighted by Gasteiger charge is -1.99. The van der Waals surface area contributed by atoms with Gasteiger partial charge in [-0.05, 0) is 6.92 Å². The van der Waals surface area contributed by atoms with Crippen molar-refractivity contribution in [3.8, 4) is 0 Å². The average Bonchev–Trinajstić information content (AvgIpc) is 1.99. The summed E-state index contributed by atoms with van der Waals surface area (Å²) in [7, 11) is 1.62. The van der Waals surface area contributed by atoms with E-state index in [2.05, 4.69) is 9.97 Å². The lowest BCUT2D eigenvalue weighted by atomic mass is 10.4. The van der Waals surface area contributed by atoms with Crippen LogP contribution < -0.4 is 5.56 Å². The predicted molar refractivity (Wildman–Crippen MR) is 45.2 cm³/mol. The minimum atomic E-state index is -0.103. The maximum absolute atomic E-state index is 10.9. The summed E-state index contributed by atoms with van der Waals surface area (Å²) in [5, 5.41) is 0. The quantitative estimate of drug-likeness (QED) is 0.704. The van der Waals surface area contributed by atoms with Crippen LogP contribution in [0.1, 0.15) is 11.5 Å². The van der Waals surface area contributed by atoms with E-state index in [0.717, 1.165) is 5.69 Å². The summed E-state index contributed by atoms with van der Waals surface area (Å²) < 4.78 is 4.86. The second-order valence-corrected chi connectivity index (χ2v) is 2.58. The number of nitrogens with one attached hydrogen (secondary N) is 1. The highest BCUT2D eigenvalue weighted by Crippen LogP contribution is 1.90. The molecule has 0 radical (unpaired) electrons. The molecule has 0 fully saturated rings. The van der Waals surface area contributed by atoms with Crippen molar-refractivity contribution in [1.82, 2.24) is 9.97 Å². The van der Waals surface area contributed by atoms with E-state index in [1.165, 1.54) is 6.07 Å². The molecule has 1 heterocycles. The molecule has 66 valence electrons. The van der Waals surface area contributed by atoms with Gasteiger partial charge in [0.05, 0.1) is 6.61 Å². The minimum Gasteiger partial charge on any atom is -0.384 e. The molecule has 1 N–H and O–H groups in total. The number of hydrogen-bond acceptors (Lipinski definition) is 3. The summed E-state index contributed by atoms with van der Waals surface area (Å²) in [6, 6.07) is 1.47. The molecule has 4 nitrogen and oxygen atoms in total. The second-order valence-electron chi connectivity index (χ2n) is 2.58. The zero-order valence-electron chi connectivity index (χ0n) is 7.26. The Kier molecular flexibility index (Phi) is 2.99. The summed E-state index contributed by atoms with van der Waals surface area (Å²) in [5.74, 6) is 0.682. The largest absolute Gasteiger partial charge is 0.384 e. The fourth-order valence-corrected chi connectivity index (χ4v) is 0.958.